The molecule has 2 N–H and O–H groups in total. The first-order valence-electron chi connectivity index (χ1n) is 7.90. The Labute approximate surface area is 127 Å². The predicted octanol–water partition coefficient (Wildman–Crippen LogP) is 3.05. The summed E-state index contributed by atoms with van der Waals surface area (Å²) in [5, 5.41) is 0. The molecule has 110 valence electrons. The van der Waals surface area contributed by atoms with Gasteiger partial charge in [-0.1, -0.05) is 60.7 Å². The quantitative estimate of drug-likeness (QED) is 0.932. The Morgan fingerprint density at radius 1 is 0.952 bits per heavy atom. The lowest BCUT2D eigenvalue weighted by Gasteiger charge is -2.37. The van der Waals surface area contributed by atoms with Crippen molar-refractivity contribution in [1.29, 1.82) is 0 Å². The minimum Gasteiger partial charge on any atom is -0.327 e. The highest BCUT2D eigenvalue weighted by atomic mass is 15.1. The van der Waals surface area contributed by atoms with Crippen molar-refractivity contribution < 1.29 is 0 Å². The first-order valence-corrected chi connectivity index (χ1v) is 7.90. The van der Waals surface area contributed by atoms with E-state index in [1.807, 2.05) is 0 Å². The summed E-state index contributed by atoms with van der Waals surface area (Å²) in [6.45, 7) is 3.33. The van der Waals surface area contributed by atoms with Crippen LogP contribution in [0.1, 0.15) is 23.5 Å². The van der Waals surface area contributed by atoms with Crippen LogP contribution in [0.2, 0.25) is 0 Å². The maximum atomic E-state index is 6.35. The molecule has 21 heavy (non-hydrogen) atoms. The summed E-state index contributed by atoms with van der Waals surface area (Å²) in [5.74, 6) is 0.468. The van der Waals surface area contributed by atoms with Gasteiger partial charge in [0.15, 0.2) is 0 Å². The van der Waals surface area contributed by atoms with E-state index in [1.54, 1.807) is 0 Å². The molecule has 2 atom stereocenters. The topological polar surface area (TPSA) is 29.3 Å². The van der Waals surface area contributed by atoms with Gasteiger partial charge < -0.3 is 10.6 Å². The third kappa shape index (κ3) is 3.72. The molecule has 0 amide bonds. The zero-order valence-corrected chi connectivity index (χ0v) is 12.5. The molecule has 2 heteroatoms. The van der Waals surface area contributed by atoms with E-state index in [0.29, 0.717) is 12.0 Å². The molecule has 0 bridgehead atoms. The van der Waals surface area contributed by atoms with Crippen LogP contribution in [0.5, 0.6) is 0 Å². The van der Waals surface area contributed by atoms with Crippen LogP contribution in [0.3, 0.4) is 0 Å². The van der Waals surface area contributed by atoms with Crippen molar-refractivity contribution in [3.63, 3.8) is 0 Å². The molecule has 2 aromatic rings. The Bertz CT molecular complexity index is 538. The van der Waals surface area contributed by atoms with Gasteiger partial charge in [-0.05, 0) is 30.5 Å². The van der Waals surface area contributed by atoms with Crippen LogP contribution >= 0.6 is 0 Å². The standard InChI is InChI=1S/C19H24N2/c20-19-12-14-21(13-11-16-7-3-1-4-8-16)15-18(19)17-9-5-2-6-10-17/h1-10,18-19H,11-15,20H2/t18-,19-/m0/s1. The van der Waals surface area contributed by atoms with Gasteiger partial charge in [0.2, 0.25) is 0 Å². The molecule has 0 spiro atoms. The first-order chi connectivity index (χ1) is 10.3. The van der Waals surface area contributed by atoms with E-state index in [9.17, 15) is 0 Å². The fourth-order valence-electron chi connectivity index (χ4n) is 3.23. The Morgan fingerprint density at radius 3 is 2.33 bits per heavy atom. The van der Waals surface area contributed by atoms with Crippen LogP contribution in [0.25, 0.3) is 0 Å². The Morgan fingerprint density at radius 2 is 1.62 bits per heavy atom. The van der Waals surface area contributed by atoms with E-state index < -0.39 is 0 Å². The van der Waals surface area contributed by atoms with Gasteiger partial charge in [-0.15, -0.1) is 0 Å². The summed E-state index contributed by atoms with van der Waals surface area (Å²) in [5.41, 5.74) is 9.16. The summed E-state index contributed by atoms with van der Waals surface area (Å²) in [6.07, 6.45) is 2.21. The lowest BCUT2D eigenvalue weighted by molar-refractivity contribution is 0.192. The van der Waals surface area contributed by atoms with Crippen molar-refractivity contribution in [3.8, 4) is 0 Å². The van der Waals surface area contributed by atoms with Gasteiger partial charge in [0.1, 0.15) is 0 Å². The van der Waals surface area contributed by atoms with Crippen molar-refractivity contribution in [2.75, 3.05) is 19.6 Å². The number of nitrogens with zero attached hydrogens (tertiary/aromatic N) is 1. The Kier molecular flexibility index (Phi) is 4.69. The molecular weight excluding hydrogens is 256 g/mol. The van der Waals surface area contributed by atoms with E-state index in [0.717, 1.165) is 32.5 Å². The monoisotopic (exact) mass is 280 g/mol. The molecule has 1 aliphatic heterocycles. The SMILES string of the molecule is N[C@H]1CCN(CCc2ccccc2)C[C@H]1c1ccccc1. The fourth-order valence-corrected chi connectivity index (χ4v) is 3.23. The number of rotatable bonds is 4. The highest BCUT2D eigenvalue weighted by Crippen LogP contribution is 2.26. The van der Waals surface area contributed by atoms with E-state index in [1.165, 1.54) is 11.1 Å². The molecule has 0 aliphatic carbocycles. The van der Waals surface area contributed by atoms with Crippen molar-refractivity contribution in [2.45, 2.75) is 24.8 Å². The molecule has 0 radical (unpaired) electrons. The molecular formula is C19H24N2. The molecule has 1 heterocycles. The number of nitrogens with two attached hydrogens (primary N) is 1. The minimum atomic E-state index is 0.292. The largest absolute Gasteiger partial charge is 0.327 e. The smallest absolute Gasteiger partial charge is 0.0132 e. The van der Waals surface area contributed by atoms with Crippen LogP contribution in [0, 0.1) is 0 Å². The van der Waals surface area contributed by atoms with Crippen LogP contribution in [0.15, 0.2) is 60.7 Å². The predicted molar refractivity (Wildman–Crippen MR) is 88.4 cm³/mol. The van der Waals surface area contributed by atoms with Gasteiger partial charge >= 0.3 is 0 Å². The second-order valence-corrected chi connectivity index (χ2v) is 6.01. The van der Waals surface area contributed by atoms with E-state index in [-0.39, 0.29) is 0 Å². The van der Waals surface area contributed by atoms with E-state index >= 15 is 0 Å². The second-order valence-electron chi connectivity index (χ2n) is 6.01. The number of hydrogen-bond donors (Lipinski definition) is 1. The zero-order valence-electron chi connectivity index (χ0n) is 12.5. The maximum absolute atomic E-state index is 6.35. The van der Waals surface area contributed by atoms with E-state index in [4.69, 9.17) is 5.73 Å². The summed E-state index contributed by atoms with van der Waals surface area (Å²) >= 11 is 0. The zero-order chi connectivity index (χ0) is 14.5. The Balaban J connectivity index is 1.61. The normalized spacial score (nSPS) is 23.1. The average molecular weight is 280 g/mol. The summed E-state index contributed by atoms with van der Waals surface area (Å²) < 4.78 is 0. The summed E-state index contributed by atoms with van der Waals surface area (Å²) in [4.78, 5) is 2.56. The maximum Gasteiger partial charge on any atom is 0.0132 e. The van der Waals surface area contributed by atoms with Crippen LogP contribution in [0.4, 0.5) is 0 Å². The minimum absolute atomic E-state index is 0.292. The Hall–Kier alpha value is -1.64. The number of piperidine rings is 1. The molecule has 0 saturated carbocycles. The average Bonchev–Trinajstić information content (AvgIpc) is 2.56. The van der Waals surface area contributed by atoms with Crippen molar-refractivity contribution in [2.24, 2.45) is 5.73 Å². The molecule has 1 saturated heterocycles. The lowest BCUT2D eigenvalue weighted by atomic mass is 9.86. The molecule has 0 unspecified atom stereocenters. The molecule has 0 aromatic heterocycles. The van der Waals surface area contributed by atoms with Crippen molar-refractivity contribution >= 4 is 0 Å². The number of likely N-dealkylation sites (tertiary alicyclic amines) is 1. The van der Waals surface area contributed by atoms with Crippen LogP contribution < -0.4 is 5.73 Å². The van der Waals surface area contributed by atoms with Gasteiger partial charge in [-0.2, -0.15) is 0 Å². The molecule has 2 aromatic carbocycles. The third-order valence-electron chi connectivity index (χ3n) is 4.54. The molecule has 1 aliphatic rings. The van der Waals surface area contributed by atoms with Gasteiger partial charge in [0.25, 0.3) is 0 Å². The highest BCUT2D eigenvalue weighted by molar-refractivity contribution is 5.22. The lowest BCUT2D eigenvalue weighted by Crippen LogP contribution is -2.46. The molecule has 3 rings (SSSR count). The van der Waals surface area contributed by atoms with E-state index in [2.05, 4.69) is 65.6 Å². The highest BCUT2D eigenvalue weighted by Gasteiger charge is 2.27. The number of hydrogen-bond acceptors (Lipinski definition) is 2. The van der Waals surface area contributed by atoms with Gasteiger partial charge in [0.05, 0.1) is 0 Å². The molecule has 2 nitrogen and oxygen atoms in total. The third-order valence-corrected chi connectivity index (χ3v) is 4.54. The van der Waals surface area contributed by atoms with Crippen molar-refractivity contribution in [3.05, 3.63) is 71.8 Å². The molecule has 1 fully saturated rings. The van der Waals surface area contributed by atoms with Gasteiger partial charge in [-0.25, -0.2) is 0 Å². The fraction of sp³-hybridized carbons (Fsp3) is 0.368. The second kappa shape index (κ2) is 6.88. The van der Waals surface area contributed by atoms with Crippen LogP contribution in [-0.4, -0.2) is 30.6 Å². The summed E-state index contributed by atoms with van der Waals surface area (Å²) in [6, 6.07) is 21.8. The van der Waals surface area contributed by atoms with Gasteiger partial charge in [0, 0.05) is 25.0 Å². The number of benzene rings is 2. The summed E-state index contributed by atoms with van der Waals surface area (Å²) in [7, 11) is 0. The van der Waals surface area contributed by atoms with Gasteiger partial charge in [-0.3, -0.25) is 0 Å². The first kappa shape index (κ1) is 14.3. The van der Waals surface area contributed by atoms with Crippen molar-refractivity contribution in [1.82, 2.24) is 4.90 Å². The van der Waals surface area contributed by atoms with Crippen LogP contribution in [-0.2, 0) is 6.42 Å².